The lowest BCUT2D eigenvalue weighted by Gasteiger charge is -2.15. The number of amides is 1. The van der Waals surface area contributed by atoms with Gasteiger partial charge in [0.15, 0.2) is 5.78 Å². The second-order valence-corrected chi connectivity index (χ2v) is 7.07. The Balaban J connectivity index is 1.45. The maximum atomic E-state index is 12.5. The van der Waals surface area contributed by atoms with Gasteiger partial charge in [0.1, 0.15) is 11.4 Å². The predicted octanol–water partition coefficient (Wildman–Crippen LogP) is 3.73. The van der Waals surface area contributed by atoms with E-state index in [1.54, 1.807) is 17.0 Å². The van der Waals surface area contributed by atoms with Crippen LogP contribution in [0.25, 0.3) is 10.9 Å². The van der Waals surface area contributed by atoms with Crippen LogP contribution in [0.3, 0.4) is 0 Å². The number of aromatic nitrogens is 2. The van der Waals surface area contributed by atoms with Crippen LogP contribution in [0.15, 0.2) is 59.9 Å². The molecule has 26 heavy (non-hydrogen) atoms. The maximum absolute atomic E-state index is 12.5. The number of ketones is 1. The molecule has 0 saturated carbocycles. The zero-order valence-electron chi connectivity index (χ0n) is 14.1. The fraction of sp³-hybridized carbons (Fsp3) is 0.200. The summed E-state index contributed by atoms with van der Waals surface area (Å²) < 4.78 is 0. The van der Waals surface area contributed by atoms with Crippen molar-refractivity contribution in [3.05, 3.63) is 60.4 Å². The topological polar surface area (TPSA) is 63.2 Å². The largest absolute Gasteiger partial charge is 0.312 e. The van der Waals surface area contributed by atoms with Crippen LogP contribution < -0.4 is 4.90 Å². The van der Waals surface area contributed by atoms with Crippen molar-refractivity contribution in [3.63, 3.8) is 0 Å². The number of carbonyl (C=O) groups is 2. The van der Waals surface area contributed by atoms with Gasteiger partial charge in [0.05, 0.1) is 11.3 Å². The molecule has 1 amide bonds. The summed E-state index contributed by atoms with van der Waals surface area (Å²) in [6, 6.07) is 15.1. The average Bonchev–Trinajstić information content (AvgIpc) is 3.12. The molecule has 1 saturated heterocycles. The summed E-state index contributed by atoms with van der Waals surface area (Å²) in [6.07, 6.45) is 3.02. The van der Waals surface area contributed by atoms with Gasteiger partial charge >= 0.3 is 0 Å². The number of rotatable bonds is 5. The van der Waals surface area contributed by atoms with E-state index in [1.807, 2.05) is 36.4 Å². The summed E-state index contributed by atoms with van der Waals surface area (Å²) >= 11 is 1.42. The molecule has 0 radical (unpaired) electrons. The van der Waals surface area contributed by atoms with Gasteiger partial charge < -0.3 is 4.90 Å². The first-order valence-electron chi connectivity index (χ1n) is 8.48. The number of nitrogens with zero attached hydrogens (tertiary/aromatic N) is 3. The van der Waals surface area contributed by atoms with E-state index in [1.165, 1.54) is 18.1 Å². The van der Waals surface area contributed by atoms with Crippen molar-refractivity contribution in [1.29, 1.82) is 0 Å². The Bertz CT molecular complexity index is 967. The van der Waals surface area contributed by atoms with Gasteiger partial charge in [-0.05, 0) is 36.8 Å². The quantitative estimate of drug-likeness (QED) is 0.393. The molecule has 0 unspecified atom stereocenters. The molecule has 130 valence electrons. The van der Waals surface area contributed by atoms with Gasteiger partial charge in [-0.2, -0.15) is 0 Å². The SMILES string of the molecule is O=C(CSc1ncnc2ccccc12)c1ccc(N2CCCC2=O)cc1. The minimum absolute atomic E-state index is 0.0389. The van der Waals surface area contributed by atoms with E-state index in [9.17, 15) is 9.59 Å². The summed E-state index contributed by atoms with van der Waals surface area (Å²) in [6.45, 7) is 0.753. The normalized spacial score (nSPS) is 14.2. The van der Waals surface area contributed by atoms with Crippen molar-refractivity contribution < 1.29 is 9.59 Å². The van der Waals surface area contributed by atoms with Crippen molar-refractivity contribution in [2.45, 2.75) is 17.9 Å². The van der Waals surface area contributed by atoms with Crippen molar-refractivity contribution in [1.82, 2.24) is 9.97 Å². The van der Waals surface area contributed by atoms with Gasteiger partial charge in [-0.25, -0.2) is 9.97 Å². The van der Waals surface area contributed by atoms with Gasteiger partial charge in [0, 0.05) is 29.6 Å². The fourth-order valence-corrected chi connectivity index (χ4v) is 3.95. The molecule has 0 bridgehead atoms. The first-order chi connectivity index (χ1) is 12.7. The number of hydrogen-bond acceptors (Lipinski definition) is 5. The molecule has 4 rings (SSSR count). The molecule has 2 heterocycles. The molecule has 1 aliphatic rings. The third-order valence-electron chi connectivity index (χ3n) is 4.42. The Morgan fingerprint density at radius 3 is 2.65 bits per heavy atom. The van der Waals surface area contributed by atoms with E-state index in [-0.39, 0.29) is 11.7 Å². The van der Waals surface area contributed by atoms with E-state index in [4.69, 9.17) is 0 Å². The van der Waals surface area contributed by atoms with Crippen LogP contribution in [0, 0.1) is 0 Å². The van der Waals surface area contributed by atoms with E-state index in [2.05, 4.69) is 9.97 Å². The third kappa shape index (κ3) is 3.32. The molecule has 2 aromatic carbocycles. The lowest BCUT2D eigenvalue weighted by molar-refractivity contribution is -0.117. The number of hydrogen-bond donors (Lipinski definition) is 0. The Morgan fingerprint density at radius 2 is 1.88 bits per heavy atom. The number of benzene rings is 2. The fourth-order valence-electron chi connectivity index (χ4n) is 3.06. The standard InChI is InChI=1S/C20H17N3O2S/c24-18(12-26-20-16-4-1-2-5-17(16)21-13-22-20)14-7-9-15(10-8-14)23-11-3-6-19(23)25/h1-2,4-5,7-10,13H,3,6,11-12H2. The molecule has 0 spiro atoms. The van der Waals surface area contributed by atoms with Crippen LogP contribution >= 0.6 is 11.8 Å². The highest BCUT2D eigenvalue weighted by Crippen LogP contribution is 2.26. The van der Waals surface area contributed by atoms with Crippen molar-refractivity contribution in [2.75, 3.05) is 17.2 Å². The van der Waals surface area contributed by atoms with Crippen molar-refractivity contribution in [3.8, 4) is 0 Å². The molecule has 0 aliphatic carbocycles. The number of para-hydroxylation sites is 1. The summed E-state index contributed by atoms with van der Waals surface area (Å²) in [7, 11) is 0. The predicted molar refractivity (Wildman–Crippen MR) is 103 cm³/mol. The van der Waals surface area contributed by atoms with Crippen molar-refractivity contribution in [2.24, 2.45) is 0 Å². The lowest BCUT2D eigenvalue weighted by atomic mass is 10.1. The smallest absolute Gasteiger partial charge is 0.227 e. The first-order valence-corrected chi connectivity index (χ1v) is 9.47. The average molecular weight is 363 g/mol. The highest BCUT2D eigenvalue weighted by Gasteiger charge is 2.21. The first kappa shape index (κ1) is 16.7. The van der Waals surface area contributed by atoms with E-state index < -0.39 is 0 Å². The van der Waals surface area contributed by atoms with Crippen molar-refractivity contribution >= 4 is 40.0 Å². The Labute approximate surface area is 155 Å². The van der Waals surface area contributed by atoms with Gasteiger partial charge in [-0.1, -0.05) is 30.0 Å². The number of thioether (sulfide) groups is 1. The highest BCUT2D eigenvalue weighted by molar-refractivity contribution is 8.00. The molecule has 1 aliphatic heterocycles. The molecular weight excluding hydrogens is 346 g/mol. The van der Waals surface area contributed by atoms with Gasteiger partial charge in [0.2, 0.25) is 5.91 Å². The van der Waals surface area contributed by atoms with Gasteiger partial charge in [0.25, 0.3) is 0 Å². The summed E-state index contributed by atoms with van der Waals surface area (Å²) in [5, 5.41) is 1.76. The van der Waals surface area contributed by atoms with Crippen LogP contribution in [-0.4, -0.2) is 34.0 Å². The van der Waals surface area contributed by atoms with Crippen LogP contribution in [-0.2, 0) is 4.79 Å². The minimum atomic E-state index is 0.0389. The lowest BCUT2D eigenvalue weighted by Crippen LogP contribution is -2.23. The maximum Gasteiger partial charge on any atom is 0.227 e. The van der Waals surface area contributed by atoms with E-state index in [0.717, 1.165) is 34.6 Å². The summed E-state index contributed by atoms with van der Waals surface area (Å²) in [5.41, 5.74) is 2.38. The van der Waals surface area contributed by atoms with Crippen LogP contribution in [0.1, 0.15) is 23.2 Å². The van der Waals surface area contributed by atoms with Crippen LogP contribution in [0.2, 0.25) is 0 Å². The summed E-state index contributed by atoms with van der Waals surface area (Å²) in [5.74, 6) is 0.496. The van der Waals surface area contributed by atoms with E-state index >= 15 is 0 Å². The second-order valence-electron chi connectivity index (χ2n) is 6.10. The molecular formula is C20H17N3O2S. The Morgan fingerprint density at radius 1 is 1.08 bits per heavy atom. The molecule has 1 aromatic heterocycles. The van der Waals surface area contributed by atoms with E-state index in [0.29, 0.717) is 17.7 Å². The third-order valence-corrected chi connectivity index (χ3v) is 5.43. The monoisotopic (exact) mass is 363 g/mol. The number of anilines is 1. The molecule has 6 heteroatoms. The minimum Gasteiger partial charge on any atom is -0.312 e. The highest BCUT2D eigenvalue weighted by atomic mass is 32.2. The van der Waals surface area contributed by atoms with Crippen LogP contribution in [0.4, 0.5) is 5.69 Å². The molecule has 0 N–H and O–H groups in total. The zero-order chi connectivity index (χ0) is 17.9. The van der Waals surface area contributed by atoms with Gasteiger partial charge in [-0.3, -0.25) is 9.59 Å². The Hall–Kier alpha value is -2.73. The number of carbonyl (C=O) groups excluding carboxylic acids is 2. The van der Waals surface area contributed by atoms with Gasteiger partial charge in [-0.15, -0.1) is 0 Å². The number of Topliss-reactive ketones (excluding diaryl/α,β-unsaturated/α-hetero) is 1. The number of fused-ring (bicyclic) bond motifs is 1. The molecule has 0 atom stereocenters. The molecule has 1 fully saturated rings. The summed E-state index contributed by atoms with van der Waals surface area (Å²) in [4.78, 5) is 34.6. The Kier molecular flexibility index (Phi) is 4.67. The second kappa shape index (κ2) is 7.25. The van der Waals surface area contributed by atoms with Crippen LogP contribution in [0.5, 0.6) is 0 Å². The molecule has 3 aromatic rings. The zero-order valence-corrected chi connectivity index (χ0v) is 14.9. The molecule has 5 nitrogen and oxygen atoms in total.